The van der Waals surface area contributed by atoms with Crippen LogP contribution in [0.5, 0.6) is 0 Å². The molecule has 0 aliphatic carbocycles. The minimum Gasteiger partial charge on any atom is -0.340 e. The van der Waals surface area contributed by atoms with Crippen LogP contribution in [-0.2, 0) is 17.8 Å². The molecule has 4 rings (SSSR count). The molecular formula is C29H24N4O. The molecule has 0 saturated heterocycles. The van der Waals surface area contributed by atoms with Crippen molar-refractivity contribution in [1.29, 1.82) is 10.5 Å². The van der Waals surface area contributed by atoms with Gasteiger partial charge in [-0.15, -0.1) is 0 Å². The number of fused-ring (bicyclic) bond motifs is 1. The number of nitrogens with one attached hydrogen (secondary N) is 1. The van der Waals surface area contributed by atoms with E-state index >= 15 is 0 Å². The van der Waals surface area contributed by atoms with Gasteiger partial charge in [0.1, 0.15) is 11.6 Å². The maximum Gasteiger partial charge on any atom is 0.266 e. The van der Waals surface area contributed by atoms with Gasteiger partial charge in [0.25, 0.3) is 5.91 Å². The number of aromatic nitrogens is 1. The molecule has 166 valence electrons. The summed E-state index contributed by atoms with van der Waals surface area (Å²) in [6, 6.07) is 27.3. The van der Waals surface area contributed by atoms with Crippen molar-refractivity contribution in [3.63, 3.8) is 0 Å². The lowest BCUT2D eigenvalue weighted by atomic mass is 10.1. The molecule has 0 bridgehead atoms. The Labute approximate surface area is 199 Å². The first-order valence-electron chi connectivity index (χ1n) is 11.1. The predicted molar refractivity (Wildman–Crippen MR) is 135 cm³/mol. The lowest BCUT2D eigenvalue weighted by Gasteiger charge is -2.10. The van der Waals surface area contributed by atoms with Crippen molar-refractivity contribution >= 4 is 28.6 Å². The van der Waals surface area contributed by atoms with Gasteiger partial charge in [-0.25, -0.2) is 0 Å². The average molecular weight is 445 g/mol. The number of amides is 1. The standard InChI is InChI=1S/C29H24N4O/c1-3-21-12-14-25(15-13-21)32-29(34)24(18-31)16-27-20(2)33(28-11-7-6-10-26(27)28)19-23-9-5-4-8-22(23)17-30/h4-16H,3,19H2,1-2H3,(H,32,34)/b24-16+. The number of benzene rings is 3. The van der Waals surface area contributed by atoms with E-state index in [1.165, 1.54) is 5.56 Å². The monoisotopic (exact) mass is 444 g/mol. The van der Waals surface area contributed by atoms with Crippen LogP contribution in [0.1, 0.15) is 34.9 Å². The van der Waals surface area contributed by atoms with Crippen LogP contribution in [0.4, 0.5) is 5.69 Å². The first-order valence-corrected chi connectivity index (χ1v) is 11.1. The second-order valence-corrected chi connectivity index (χ2v) is 8.05. The Morgan fingerprint density at radius 3 is 2.41 bits per heavy atom. The highest BCUT2D eigenvalue weighted by Gasteiger charge is 2.17. The van der Waals surface area contributed by atoms with Gasteiger partial charge in [-0.2, -0.15) is 10.5 Å². The zero-order valence-corrected chi connectivity index (χ0v) is 19.2. The number of hydrogen-bond donors (Lipinski definition) is 1. The molecule has 0 atom stereocenters. The lowest BCUT2D eigenvalue weighted by Crippen LogP contribution is -2.13. The zero-order chi connectivity index (χ0) is 24.1. The van der Waals surface area contributed by atoms with E-state index in [0.717, 1.165) is 34.1 Å². The van der Waals surface area contributed by atoms with Crippen molar-refractivity contribution in [3.8, 4) is 12.1 Å². The molecule has 0 spiro atoms. The van der Waals surface area contributed by atoms with Crippen molar-refractivity contribution in [3.05, 3.63) is 106 Å². The number of hydrogen-bond acceptors (Lipinski definition) is 3. The van der Waals surface area contributed by atoms with Gasteiger partial charge < -0.3 is 9.88 Å². The molecule has 1 aromatic heterocycles. The minimum absolute atomic E-state index is 0.0306. The normalized spacial score (nSPS) is 11.1. The van der Waals surface area contributed by atoms with Gasteiger partial charge in [0.15, 0.2) is 0 Å². The number of nitrogens with zero attached hydrogens (tertiary/aromatic N) is 3. The third-order valence-electron chi connectivity index (χ3n) is 6.02. The Bertz CT molecular complexity index is 1480. The lowest BCUT2D eigenvalue weighted by molar-refractivity contribution is -0.112. The quantitative estimate of drug-likeness (QED) is 0.293. The average Bonchev–Trinajstić information content (AvgIpc) is 3.13. The zero-order valence-electron chi connectivity index (χ0n) is 19.2. The molecule has 5 nitrogen and oxygen atoms in total. The fourth-order valence-corrected chi connectivity index (χ4v) is 4.10. The van der Waals surface area contributed by atoms with E-state index in [1.807, 2.05) is 79.7 Å². The second-order valence-electron chi connectivity index (χ2n) is 8.05. The van der Waals surface area contributed by atoms with E-state index in [2.05, 4.69) is 28.9 Å². The molecule has 5 heteroatoms. The molecule has 4 aromatic rings. The number of para-hydroxylation sites is 1. The molecule has 0 unspecified atom stereocenters. The minimum atomic E-state index is -0.446. The predicted octanol–water partition coefficient (Wildman–Crippen LogP) is 5.98. The highest BCUT2D eigenvalue weighted by molar-refractivity contribution is 6.11. The van der Waals surface area contributed by atoms with Gasteiger partial charge in [0, 0.05) is 34.4 Å². The maximum absolute atomic E-state index is 12.9. The highest BCUT2D eigenvalue weighted by atomic mass is 16.1. The Balaban J connectivity index is 1.73. The van der Waals surface area contributed by atoms with Crippen LogP contribution in [0.15, 0.2) is 78.4 Å². The van der Waals surface area contributed by atoms with Gasteiger partial charge in [-0.1, -0.05) is 55.5 Å². The van der Waals surface area contributed by atoms with Gasteiger partial charge in [-0.05, 0) is 54.8 Å². The fraction of sp³-hybridized carbons (Fsp3) is 0.138. The van der Waals surface area contributed by atoms with Crippen LogP contribution < -0.4 is 5.32 Å². The smallest absolute Gasteiger partial charge is 0.266 e. The Kier molecular flexibility index (Phi) is 6.57. The molecule has 0 fully saturated rings. The van der Waals surface area contributed by atoms with Crippen LogP contribution in [0.2, 0.25) is 0 Å². The molecule has 1 N–H and O–H groups in total. The molecule has 34 heavy (non-hydrogen) atoms. The van der Waals surface area contributed by atoms with E-state index in [1.54, 1.807) is 6.08 Å². The van der Waals surface area contributed by atoms with Crippen LogP contribution in [0, 0.1) is 29.6 Å². The number of carbonyl (C=O) groups excluding carboxylic acids is 1. The Hall–Kier alpha value is -4.61. The number of anilines is 1. The largest absolute Gasteiger partial charge is 0.340 e. The number of rotatable bonds is 6. The molecule has 0 saturated carbocycles. The molecule has 0 aliphatic heterocycles. The third kappa shape index (κ3) is 4.46. The Morgan fingerprint density at radius 1 is 1.00 bits per heavy atom. The van der Waals surface area contributed by atoms with E-state index in [9.17, 15) is 15.3 Å². The summed E-state index contributed by atoms with van der Waals surface area (Å²) >= 11 is 0. The Morgan fingerprint density at radius 2 is 1.71 bits per heavy atom. The summed E-state index contributed by atoms with van der Waals surface area (Å²) in [5.41, 5.74) is 6.11. The van der Waals surface area contributed by atoms with Gasteiger partial charge >= 0.3 is 0 Å². The van der Waals surface area contributed by atoms with Crippen molar-refractivity contribution in [2.75, 3.05) is 5.32 Å². The van der Waals surface area contributed by atoms with Crippen LogP contribution >= 0.6 is 0 Å². The molecule has 3 aromatic carbocycles. The SMILES string of the molecule is CCc1ccc(NC(=O)/C(C#N)=C/c2c(C)n(Cc3ccccc3C#N)c3ccccc23)cc1. The first kappa shape index (κ1) is 22.6. The topological polar surface area (TPSA) is 81.6 Å². The number of carbonyl (C=O) groups is 1. The van der Waals surface area contributed by atoms with Gasteiger partial charge in [-0.3, -0.25) is 4.79 Å². The van der Waals surface area contributed by atoms with Crippen LogP contribution in [-0.4, -0.2) is 10.5 Å². The summed E-state index contributed by atoms with van der Waals surface area (Å²) in [4.78, 5) is 12.9. The molecule has 0 aliphatic rings. The summed E-state index contributed by atoms with van der Waals surface area (Å²) in [6.07, 6.45) is 2.57. The van der Waals surface area contributed by atoms with E-state index in [-0.39, 0.29) is 5.57 Å². The summed E-state index contributed by atoms with van der Waals surface area (Å²) < 4.78 is 2.12. The summed E-state index contributed by atoms with van der Waals surface area (Å²) in [5, 5.41) is 23.0. The van der Waals surface area contributed by atoms with Gasteiger partial charge in [0.2, 0.25) is 0 Å². The third-order valence-corrected chi connectivity index (χ3v) is 6.02. The number of nitriles is 2. The molecular weight excluding hydrogens is 420 g/mol. The summed E-state index contributed by atoms with van der Waals surface area (Å²) in [7, 11) is 0. The fourth-order valence-electron chi connectivity index (χ4n) is 4.10. The number of aryl methyl sites for hydroxylation is 1. The first-order chi connectivity index (χ1) is 16.5. The highest BCUT2D eigenvalue weighted by Crippen LogP contribution is 2.29. The maximum atomic E-state index is 12.9. The van der Waals surface area contributed by atoms with E-state index in [0.29, 0.717) is 17.8 Å². The second kappa shape index (κ2) is 9.90. The van der Waals surface area contributed by atoms with Crippen molar-refractivity contribution in [2.45, 2.75) is 26.8 Å². The summed E-state index contributed by atoms with van der Waals surface area (Å²) in [5.74, 6) is -0.446. The van der Waals surface area contributed by atoms with E-state index < -0.39 is 5.91 Å². The van der Waals surface area contributed by atoms with Crippen molar-refractivity contribution in [1.82, 2.24) is 4.57 Å². The van der Waals surface area contributed by atoms with Crippen LogP contribution in [0.3, 0.4) is 0 Å². The van der Waals surface area contributed by atoms with Gasteiger partial charge in [0.05, 0.1) is 11.6 Å². The molecule has 1 heterocycles. The summed E-state index contributed by atoms with van der Waals surface area (Å²) in [6.45, 7) is 4.56. The van der Waals surface area contributed by atoms with Crippen LogP contribution in [0.25, 0.3) is 17.0 Å². The molecule has 0 radical (unpaired) electrons. The van der Waals surface area contributed by atoms with Crippen molar-refractivity contribution < 1.29 is 4.79 Å². The van der Waals surface area contributed by atoms with Crippen molar-refractivity contribution in [2.24, 2.45) is 0 Å². The molecule has 1 amide bonds. The van der Waals surface area contributed by atoms with E-state index in [4.69, 9.17) is 0 Å².